The Bertz CT molecular complexity index is 361. The van der Waals surface area contributed by atoms with Crippen molar-refractivity contribution in [2.24, 2.45) is 7.05 Å². The third kappa shape index (κ3) is 1.72. The fourth-order valence-corrected chi connectivity index (χ4v) is 1.22. The molecule has 0 saturated heterocycles. The Labute approximate surface area is 76.6 Å². The molecular formula is C9H12N4. The predicted octanol–water partition coefficient (Wildman–Crippen LogP) is 1.36. The van der Waals surface area contributed by atoms with Crippen molar-refractivity contribution >= 4 is 5.69 Å². The minimum atomic E-state index is 0.822. The molecule has 2 rings (SSSR count). The summed E-state index contributed by atoms with van der Waals surface area (Å²) in [5.41, 5.74) is 2.27. The van der Waals surface area contributed by atoms with Gasteiger partial charge in [-0.1, -0.05) is 0 Å². The molecule has 0 radical (unpaired) electrons. The fraction of sp³-hybridized carbons (Fsp3) is 0.222. The third-order valence-corrected chi connectivity index (χ3v) is 2.02. The Balaban J connectivity index is 1.97. The van der Waals surface area contributed by atoms with E-state index in [1.54, 1.807) is 6.20 Å². The Morgan fingerprint density at radius 3 is 3.15 bits per heavy atom. The molecule has 4 nitrogen and oxygen atoms in total. The number of nitrogens with zero attached hydrogens (tertiary/aromatic N) is 2. The molecule has 0 atom stereocenters. The molecule has 4 heteroatoms. The van der Waals surface area contributed by atoms with Gasteiger partial charge in [0.15, 0.2) is 0 Å². The van der Waals surface area contributed by atoms with Gasteiger partial charge in [0, 0.05) is 25.1 Å². The topological polar surface area (TPSA) is 45.6 Å². The molecule has 13 heavy (non-hydrogen) atoms. The second kappa shape index (κ2) is 3.35. The molecule has 2 N–H and O–H groups in total. The quantitative estimate of drug-likeness (QED) is 0.741. The van der Waals surface area contributed by atoms with E-state index in [0.29, 0.717) is 0 Å². The predicted molar refractivity (Wildman–Crippen MR) is 51.3 cm³/mol. The van der Waals surface area contributed by atoms with Crippen LogP contribution in [0.3, 0.4) is 0 Å². The van der Waals surface area contributed by atoms with Gasteiger partial charge >= 0.3 is 0 Å². The molecule has 0 unspecified atom stereocenters. The molecule has 0 spiro atoms. The number of H-pyrrole nitrogens is 1. The zero-order valence-electron chi connectivity index (χ0n) is 7.49. The lowest BCUT2D eigenvalue weighted by molar-refractivity contribution is 0.842. The largest absolute Gasteiger partial charge is 0.377 e. The van der Waals surface area contributed by atoms with Crippen molar-refractivity contribution in [3.05, 3.63) is 36.4 Å². The van der Waals surface area contributed by atoms with Crippen LogP contribution in [-0.4, -0.2) is 14.8 Å². The first-order valence-electron chi connectivity index (χ1n) is 4.19. The molecule has 2 heterocycles. The second-order valence-corrected chi connectivity index (χ2v) is 2.95. The summed E-state index contributed by atoms with van der Waals surface area (Å²) in [4.78, 5) is 0. The van der Waals surface area contributed by atoms with E-state index in [4.69, 9.17) is 0 Å². The molecule has 0 saturated carbocycles. The van der Waals surface area contributed by atoms with Gasteiger partial charge in [0.25, 0.3) is 0 Å². The maximum absolute atomic E-state index is 3.85. The van der Waals surface area contributed by atoms with Gasteiger partial charge in [-0.05, 0) is 12.1 Å². The molecule has 0 aliphatic heterocycles. The van der Waals surface area contributed by atoms with Crippen LogP contribution in [0.25, 0.3) is 0 Å². The molecule has 0 aromatic carbocycles. The minimum absolute atomic E-state index is 0.822. The van der Waals surface area contributed by atoms with Crippen LogP contribution in [0.1, 0.15) is 5.69 Å². The van der Waals surface area contributed by atoms with Crippen LogP contribution in [0.4, 0.5) is 5.69 Å². The first-order chi connectivity index (χ1) is 6.36. The maximum Gasteiger partial charge on any atom is 0.0726 e. The van der Waals surface area contributed by atoms with Crippen molar-refractivity contribution in [2.75, 3.05) is 5.32 Å². The van der Waals surface area contributed by atoms with Crippen LogP contribution in [-0.2, 0) is 13.6 Å². The number of rotatable bonds is 3. The normalized spacial score (nSPS) is 10.2. The highest BCUT2D eigenvalue weighted by Crippen LogP contribution is 2.05. The third-order valence-electron chi connectivity index (χ3n) is 2.02. The molecule has 0 amide bonds. The van der Waals surface area contributed by atoms with Crippen LogP contribution >= 0.6 is 0 Å². The van der Waals surface area contributed by atoms with Crippen molar-refractivity contribution < 1.29 is 0 Å². The van der Waals surface area contributed by atoms with Crippen molar-refractivity contribution in [3.8, 4) is 0 Å². The summed E-state index contributed by atoms with van der Waals surface area (Å²) in [5, 5.41) is 9.86. The summed E-state index contributed by atoms with van der Waals surface area (Å²) in [5.74, 6) is 0. The summed E-state index contributed by atoms with van der Waals surface area (Å²) in [7, 11) is 2.03. The monoisotopic (exact) mass is 176 g/mol. The van der Waals surface area contributed by atoms with Gasteiger partial charge in [-0.15, -0.1) is 0 Å². The zero-order valence-corrected chi connectivity index (χ0v) is 7.49. The molecule has 0 fully saturated rings. The van der Waals surface area contributed by atoms with Crippen LogP contribution in [0.5, 0.6) is 0 Å². The van der Waals surface area contributed by atoms with E-state index in [2.05, 4.69) is 26.1 Å². The number of aromatic amines is 1. The number of anilines is 1. The number of hydrogen-bond acceptors (Lipinski definition) is 2. The van der Waals surface area contributed by atoms with E-state index in [0.717, 1.165) is 12.2 Å². The first-order valence-corrected chi connectivity index (χ1v) is 4.19. The van der Waals surface area contributed by atoms with Crippen LogP contribution < -0.4 is 5.32 Å². The van der Waals surface area contributed by atoms with E-state index in [9.17, 15) is 0 Å². The Morgan fingerprint density at radius 1 is 1.62 bits per heavy atom. The van der Waals surface area contributed by atoms with E-state index in [1.807, 2.05) is 25.5 Å². The van der Waals surface area contributed by atoms with E-state index >= 15 is 0 Å². The number of aryl methyl sites for hydroxylation is 1. The van der Waals surface area contributed by atoms with Gasteiger partial charge in [-0.3, -0.25) is 5.10 Å². The van der Waals surface area contributed by atoms with Crippen molar-refractivity contribution in [3.63, 3.8) is 0 Å². The molecule has 2 aromatic rings. The zero-order chi connectivity index (χ0) is 9.10. The second-order valence-electron chi connectivity index (χ2n) is 2.95. The summed E-state index contributed by atoms with van der Waals surface area (Å²) in [6, 6.07) is 4.12. The van der Waals surface area contributed by atoms with Gasteiger partial charge in [-0.2, -0.15) is 5.10 Å². The number of hydrogen-bond donors (Lipinski definition) is 2. The number of aromatic nitrogens is 3. The molecular weight excluding hydrogens is 164 g/mol. The highest BCUT2D eigenvalue weighted by atomic mass is 15.1. The van der Waals surface area contributed by atoms with Crippen LogP contribution in [0.15, 0.2) is 30.7 Å². The van der Waals surface area contributed by atoms with Crippen molar-refractivity contribution in [1.82, 2.24) is 14.8 Å². The van der Waals surface area contributed by atoms with Gasteiger partial charge in [0.05, 0.1) is 18.4 Å². The average Bonchev–Trinajstić information content (AvgIpc) is 2.72. The Hall–Kier alpha value is -1.71. The minimum Gasteiger partial charge on any atom is -0.377 e. The first kappa shape index (κ1) is 7.91. The van der Waals surface area contributed by atoms with E-state index in [1.165, 1.54) is 5.69 Å². The van der Waals surface area contributed by atoms with Crippen molar-refractivity contribution in [1.29, 1.82) is 0 Å². The smallest absolute Gasteiger partial charge is 0.0726 e. The molecule has 0 bridgehead atoms. The highest BCUT2D eigenvalue weighted by Gasteiger charge is 1.96. The average molecular weight is 176 g/mol. The maximum atomic E-state index is 3.85. The molecule has 0 aliphatic carbocycles. The van der Waals surface area contributed by atoms with Crippen LogP contribution in [0.2, 0.25) is 0 Å². The van der Waals surface area contributed by atoms with Gasteiger partial charge < -0.3 is 9.88 Å². The van der Waals surface area contributed by atoms with Gasteiger partial charge in [0.2, 0.25) is 0 Å². The van der Waals surface area contributed by atoms with Gasteiger partial charge in [-0.25, -0.2) is 0 Å². The standard InChI is InChI=1S/C9H12N4/c1-13-4-2-3-9(13)7-10-8-5-11-12-6-8/h2-6,10H,7H2,1H3,(H,11,12). The van der Waals surface area contributed by atoms with Crippen molar-refractivity contribution in [2.45, 2.75) is 6.54 Å². The summed E-state index contributed by atoms with van der Waals surface area (Å²) < 4.78 is 2.09. The SMILES string of the molecule is Cn1cccc1CNc1cn[nH]c1. The Morgan fingerprint density at radius 2 is 2.54 bits per heavy atom. The molecule has 68 valence electrons. The lowest BCUT2D eigenvalue weighted by atomic mass is 10.4. The lowest BCUT2D eigenvalue weighted by Gasteiger charge is -2.04. The van der Waals surface area contributed by atoms with Crippen LogP contribution in [0, 0.1) is 0 Å². The van der Waals surface area contributed by atoms with E-state index in [-0.39, 0.29) is 0 Å². The molecule has 0 aliphatic rings. The summed E-state index contributed by atoms with van der Waals surface area (Å²) in [6.07, 6.45) is 5.64. The van der Waals surface area contributed by atoms with Gasteiger partial charge in [0.1, 0.15) is 0 Å². The summed E-state index contributed by atoms with van der Waals surface area (Å²) in [6.45, 7) is 0.822. The summed E-state index contributed by atoms with van der Waals surface area (Å²) >= 11 is 0. The molecule has 2 aromatic heterocycles. The van der Waals surface area contributed by atoms with E-state index < -0.39 is 0 Å². The number of nitrogens with one attached hydrogen (secondary N) is 2. The lowest BCUT2D eigenvalue weighted by Crippen LogP contribution is -2.02. The Kier molecular flexibility index (Phi) is 2.04. The fourth-order valence-electron chi connectivity index (χ4n) is 1.22. The highest BCUT2D eigenvalue weighted by molar-refractivity contribution is 5.37.